The van der Waals surface area contributed by atoms with Gasteiger partial charge in [-0.25, -0.2) is 9.50 Å². The Kier molecular flexibility index (Phi) is 5.77. The maximum atomic E-state index is 13.3. The minimum atomic E-state index is -0.297. The number of rotatable bonds is 6. The molecule has 4 aromatic rings. The Balaban J connectivity index is 1.47. The minimum absolute atomic E-state index is 0.105. The van der Waals surface area contributed by atoms with Crippen LogP contribution < -0.4 is 10.1 Å². The summed E-state index contributed by atoms with van der Waals surface area (Å²) in [6, 6.07) is 3.91. The van der Waals surface area contributed by atoms with E-state index in [4.69, 9.17) is 9.84 Å². The molecule has 1 N–H and O–H groups in total. The lowest BCUT2D eigenvalue weighted by Crippen LogP contribution is -2.19. The SMILES string of the molecule is Cc1cnc2c(NC(=O)c3cc4cn(C5CCC(C=O)CC5)nc4cc3OC(C)C)cnn2c1. The van der Waals surface area contributed by atoms with Crippen LogP contribution in [0.5, 0.6) is 5.75 Å². The molecule has 1 aromatic carbocycles. The third-order valence-electron chi connectivity index (χ3n) is 6.27. The number of hydrogen-bond acceptors (Lipinski definition) is 6. The Labute approximate surface area is 197 Å². The summed E-state index contributed by atoms with van der Waals surface area (Å²) in [5.74, 6) is 0.338. The van der Waals surface area contributed by atoms with E-state index in [9.17, 15) is 9.59 Å². The molecule has 3 aromatic heterocycles. The van der Waals surface area contributed by atoms with Crippen LogP contribution in [-0.2, 0) is 4.79 Å². The first-order chi connectivity index (χ1) is 16.4. The lowest BCUT2D eigenvalue weighted by Gasteiger charge is -2.25. The van der Waals surface area contributed by atoms with Crippen molar-refractivity contribution in [3.05, 3.63) is 48.0 Å². The summed E-state index contributed by atoms with van der Waals surface area (Å²) < 4.78 is 9.61. The number of nitrogens with one attached hydrogen (secondary N) is 1. The topological polar surface area (TPSA) is 103 Å². The normalized spacial score (nSPS) is 18.5. The number of aryl methyl sites for hydroxylation is 1. The number of nitrogens with zero attached hydrogens (tertiary/aromatic N) is 5. The van der Waals surface area contributed by atoms with Crippen LogP contribution in [-0.4, -0.2) is 42.7 Å². The Morgan fingerprint density at radius 2 is 1.97 bits per heavy atom. The average Bonchev–Trinajstić information content (AvgIpc) is 3.41. The van der Waals surface area contributed by atoms with Gasteiger partial charge in [-0.2, -0.15) is 10.2 Å². The van der Waals surface area contributed by atoms with E-state index in [2.05, 4.69) is 15.4 Å². The molecule has 0 unspecified atom stereocenters. The van der Waals surface area contributed by atoms with Crippen molar-refractivity contribution >= 4 is 34.4 Å². The second-order valence-corrected chi connectivity index (χ2v) is 9.30. The maximum absolute atomic E-state index is 13.3. The average molecular weight is 461 g/mol. The number of hydrogen-bond donors (Lipinski definition) is 1. The fourth-order valence-corrected chi connectivity index (χ4v) is 4.54. The quantitative estimate of drug-likeness (QED) is 0.429. The van der Waals surface area contributed by atoms with Crippen LogP contribution in [0.3, 0.4) is 0 Å². The predicted octanol–water partition coefficient (Wildman–Crippen LogP) is 4.36. The van der Waals surface area contributed by atoms with Crippen LogP contribution in [0.4, 0.5) is 5.69 Å². The number of anilines is 1. The van der Waals surface area contributed by atoms with Crippen LogP contribution >= 0.6 is 0 Å². The second kappa shape index (κ2) is 8.89. The Bertz CT molecular complexity index is 1360. The summed E-state index contributed by atoms with van der Waals surface area (Å²) in [7, 11) is 0. The Morgan fingerprint density at radius 3 is 2.71 bits per heavy atom. The molecule has 0 saturated heterocycles. The molecule has 0 radical (unpaired) electrons. The number of ether oxygens (including phenoxy) is 1. The zero-order chi connectivity index (χ0) is 23.8. The highest BCUT2D eigenvalue weighted by molar-refractivity contribution is 6.09. The zero-order valence-corrected chi connectivity index (χ0v) is 19.6. The number of fused-ring (bicyclic) bond motifs is 2. The third-order valence-corrected chi connectivity index (χ3v) is 6.27. The van der Waals surface area contributed by atoms with Gasteiger partial charge in [0.05, 0.1) is 29.4 Å². The monoisotopic (exact) mass is 460 g/mol. The fraction of sp³-hybridized carbons (Fsp3) is 0.400. The van der Waals surface area contributed by atoms with E-state index >= 15 is 0 Å². The smallest absolute Gasteiger partial charge is 0.259 e. The van der Waals surface area contributed by atoms with Gasteiger partial charge in [-0.15, -0.1) is 0 Å². The molecular formula is C25H28N6O3. The number of aromatic nitrogens is 5. The van der Waals surface area contributed by atoms with Crippen molar-refractivity contribution < 1.29 is 14.3 Å². The van der Waals surface area contributed by atoms with Gasteiger partial charge in [-0.1, -0.05) is 0 Å². The first kappa shape index (κ1) is 22.1. The van der Waals surface area contributed by atoms with Crippen LogP contribution in [0.15, 0.2) is 36.9 Å². The highest BCUT2D eigenvalue weighted by Gasteiger charge is 2.24. The first-order valence-corrected chi connectivity index (χ1v) is 11.7. The van der Waals surface area contributed by atoms with E-state index in [1.165, 1.54) is 0 Å². The molecule has 34 heavy (non-hydrogen) atoms. The Morgan fingerprint density at radius 1 is 1.18 bits per heavy atom. The van der Waals surface area contributed by atoms with Crippen molar-refractivity contribution in [3.63, 3.8) is 0 Å². The molecule has 1 amide bonds. The molecule has 9 nitrogen and oxygen atoms in total. The molecule has 9 heteroatoms. The number of carbonyl (C=O) groups is 2. The number of benzene rings is 1. The molecule has 1 aliphatic carbocycles. The van der Waals surface area contributed by atoms with Crippen LogP contribution in [0.25, 0.3) is 16.6 Å². The van der Waals surface area contributed by atoms with E-state index in [1.807, 2.05) is 50.0 Å². The summed E-state index contributed by atoms with van der Waals surface area (Å²) in [6.07, 6.45) is 11.7. The van der Waals surface area contributed by atoms with Crippen LogP contribution in [0.1, 0.15) is 61.5 Å². The van der Waals surface area contributed by atoms with Gasteiger partial charge in [0.15, 0.2) is 5.65 Å². The number of aldehydes is 1. The van der Waals surface area contributed by atoms with Gasteiger partial charge in [0.1, 0.15) is 17.7 Å². The third kappa shape index (κ3) is 4.25. The molecule has 1 fully saturated rings. The molecule has 3 heterocycles. The lowest BCUT2D eigenvalue weighted by atomic mass is 9.87. The van der Waals surface area contributed by atoms with Crippen molar-refractivity contribution in [3.8, 4) is 5.75 Å². The van der Waals surface area contributed by atoms with Crippen molar-refractivity contribution in [1.82, 2.24) is 24.4 Å². The summed E-state index contributed by atoms with van der Waals surface area (Å²) in [4.78, 5) is 28.8. The van der Waals surface area contributed by atoms with E-state index in [1.54, 1.807) is 16.9 Å². The molecule has 0 spiro atoms. The molecular weight excluding hydrogens is 432 g/mol. The van der Waals surface area contributed by atoms with Gasteiger partial charge in [-0.3, -0.25) is 9.48 Å². The van der Waals surface area contributed by atoms with E-state index in [0.717, 1.165) is 48.4 Å². The maximum Gasteiger partial charge on any atom is 0.259 e. The summed E-state index contributed by atoms with van der Waals surface area (Å²) in [5.41, 5.74) is 3.28. The fourth-order valence-electron chi connectivity index (χ4n) is 4.54. The summed E-state index contributed by atoms with van der Waals surface area (Å²) in [5, 5.41) is 12.9. The van der Waals surface area contributed by atoms with Crippen molar-refractivity contribution in [2.75, 3.05) is 5.32 Å². The lowest BCUT2D eigenvalue weighted by molar-refractivity contribution is -0.112. The molecule has 176 valence electrons. The molecule has 5 rings (SSSR count). The largest absolute Gasteiger partial charge is 0.490 e. The highest BCUT2D eigenvalue weighted by Crippen LogP contribution is 2.33. The number of carbonyl (C=O) groups excluding carboxylic acids is 2. The van der Waals surface area contributed by atoms with Gasteiger partial charge < -0.3 is 14.8 Å². The second-order valence-electron chi connectivity index (χ2n) is 9.30. The minimum Gasteiger partial charge on any atom is -0.490 e. The van der Waals surface area contributed by atoms with Gasteiger partial charge in [0, 0.05) is 36.0 Å². The molecule has 1 saturated carbocycles. The Hall–Kier alpha value is -3.75. The van der Waals surface area contributed by atoms with Gasteiger partial charge in [-0.05, 0) is 58.1 Å². The summed E-state index contributed by atoms with van der Waals surface area (Å²) in [6.45, 7) is 5.78. The molecule has 0 aliphatic heterocycles. The van der Waals surface area contributed by atoms with E-state index in [-0.39, 0.29) is 24.0 Å². The molecule has 0 atom stereocenters. The molecule has 1 aliphatic rings. The van der Waals surface area contributed by atoms with Gasteiger partial charge in [0.2, 0.25) is 0 Å². The van der Waals surface area contributed by atoms with Crippen molar-refractivity contribution in [2.24, 2.45) is 5.92 Å². The summed E-state index contributed by atoms with van der Waals surface area (Å²) >= 11 is 0. The predicted molar refractivity (Wildman–Crippen MR) is 128 cm³/mol. The van der Waals surface area contributed by atoms with Crippen molar-refractivity contribution in [1.29, 1.82) is 0 Å². The van der Waals surface area contributed by atoms with Crippen LogP contribution in [0.2, 0.25) is 0 Å². The number of amides is 1. The van der Waals surface area contributed by atoms with E-state index < -0.39 is 0 Å². The zero-order valence-electron chi connectivity index (χ0n) is 19.6. The van der Waals surface area contributed by atoms with Gasteiger partial charge >= 0.3 is 0 Å². The first-order valence-electron chi connectivity index (χ1n) is 11.7. The van der Waals surface area contributed by atoms with Crippen LogP contribution in [0, 0.1) is 12.8 Å². The van der Waals surface area contributed by atoms with Gasteiger partial charge in [0.25, 0.3) is 5.91 Å². The highest BCUT2D eigenvalue weighted by atomic mass is 16.5. The standard InChI is InChI=1S/C25H28N6O3/c1-15(2)34-23-9-21-18(13-30(29-21)19-6-4-17(14-32)5-7-19)8-20(23)25(33)28-22-11-27-31-12-16(3)10-26-24(22)31/h8-15,17,19H,4-7H2,1-3H3,(H,28,33). The molecule has 0 bridgehead atoms. The van der Waals surface area contributed by atoms with E-state index in [0.29, 0.717) is 22.6 Å². The van der Waals surface area contributed by atoms with Crippen molar-refractivity contribution in [2.45, 2.75) is 58.6 Å².